The number of para-hydroxylation sites is 2. The molecular weight excluding hydrogens is 458 g/mol. The van der Waals surface area contributed by atoms with Crippen LogP contribution in [0.1, 0.15) is 32.9 Å². The van der Waals surface area contributed by atoms with Gasteiger partial charge in [-0.15, -0.1) is 0 Å². The largest absolute Gasteiger partial charge is 0.486 e. The number of fused-ring (bicyclic) bond motifs is 1. The Balaban J connectivity index is 1.28. The predicted molar refractivity (Wildman–Crippen MR) is 138 cm³/mol. The number of rotatable bonds is 7. The van der Waals surface area contributed by atoms with Gasteiger partial charge in [-0.1, -0.05) is 41.6 Å². The first-order valence-corrected chi connectivity index (χ1v) is 12.7. The predicted octanol–water partition coefficient (Wildman–Crippen LogP) is 5.72. The summed E-state index contributed by atoms with van der Waals surface area (Å²) in [5, 5.41) is 0.811. The summed E-state index contributed by atoms with van der Waals surface area (Å²) in [4.78, 5) is 17.7. The minimum absolute atomic E-state index is 0.0932. The summed E-state index contributed by atoms with van der Waals surface area (Å²) >= 11 is 1.46. The Kier molecular flexibility index (Phi) is 6.43. The summed E-state index contributed by atoms with van der Waals surface area (Å²) in [5.74, 6) is 1.95. The highest BCUT2D eigenvalue weighted by molar-refractivity contribution is 7.99. The Bertz CT molecular complexity index is 1390. The van der Waals surface area contributed by atoms with E-state index < -0.39 is 0 Å². The molecule has 0 spiro atoms. The van der Waals surface area contributed by atoms with Crippen molar-refractivity contribution in [3.8, 4) is 17.2 Å². The molecule has 0 bridgehead atoms. The first kappa shape index (κ1) is 23.3. The third-order valence-electron chi connectivity index (χ3n) is 6.38. The lowest BCUT2D eigenvalue weighted by molar-refractivity contribution is 0.0777. The van der Waals surface area contributed by atoms with Crippen LogP contribution in [-0.4, -0.2) is 38.4 Å². The smallest absolute Gasteiger partial charge is 0.175 e. The molecule has 1 unspecified atom stereocenters. The minimum Gasteiger partial charge on any atom is -0.486 e. The fraction of sp³-hybridized carbons (Fsp3) is 0.286. The Hall–Kier alpha value is -3.45. The van der Waals surface area contributed by atoms with Crippen molar-refractivity contribution in [2.24, 2.45) is 0 Å². The number of aromatic nitrogens is 3. The van der Waals surface area contributed by atoms with Gasteiger partial charge >= 0.3 is 0 Å². The van der Waals surface area contributed by atoms with E-state index in [1.807, 2.05) is 54.9 Å². The van der Waals surface area contributed by atoms with E-state index in [9.17, 15) is 4.79 Å². The topological polar surface area (TPSA) is 58.3 Å². The zero-order valence-electron chi connectivity index (χ0n) is 20.4. The zero-order chi connectivity index (χ0) is 24.5. The van der Waals surface area contributed by atoms with E-state index in [2.05, 4.69) is 41.6 Å². The lowest BCUT2D eigenvalue weighted by atomic mass is 10.1. The minimum atomic E-state index is -0.114. The second-order valence-corrected chi connectivity index (χ2v) is 9.92. The first-order valence-electron chi connectivity index (χ1n) is 11.7. The standard InChI is InChI=1S/C28H29N3O3S/c1-18-9-10-24(19(2)13-18)30-12-11-29-28(30)35-17-25(32)23-14-20(3)31(21(23)4)15-22-16-33-26-7-5-6-8-27(26)34-22/h5-14,22H,15-17H2,1-4H3. The van der Waals surface area contributed by atoms with Gasteiger partial charge in [0.1, 0.15) is 6.61 Å². The van der Waals surface area contributed by atoms with Gasteiger partial charge in [0.25, 0.3) is 0 Å². The third kappa shape index (κ3) is 4.73. The average Bonchev–Trinajstić information content (AvgIpc) is 3.42. The van der Waals surface area contributed by atoms with E-state index >= 15 is 0 Å². The van der Waals surface area contributed by atoms with Crippen LogP contribution in [0.5, 0.6) is 11.5 Å². The fourth-order valence-corrected chi connectivity index (χ4v) is 5.43. The van der Waals surface area contributed by atoms with Crippen molar-refractivity contribution in [1.82, 2.24) is 14.1 Å². The number of Topliss-reactive ketones (excluding diaryl/α,β-unsaturated/α-hetero) is 1. The van der Waals surface area contributed by atoms with Gasteiger partial charge in [-0.05, 0) is 57.5 Å². The maximum Gasteiger partial charge on any atom is 0.175 e. The van der Waals surface area contributed by atoms with E-state index in [0.29, 0.717) is 18.9 Å². The molecule has 0 saturated heterocycles. The highest BCUT2D eigenvalue weighted by atomic mass is 32.2. The highest BCUT2D eigenvalue weighted by Crippen LogP contribution is 2.32. The molecule has 6 nitrogen and oxygen atoms in total. The Labute approximate surface area is 209 Å². The van der Waals surface area contributed by atoms with Crippen LogP contribution in [0.3, 0.4) is 0 Å². The van der Waals surface area contributed by atoms with Gasteiger partial charge in [0, 0.05) is 29.3 Å². The molecule has 2 aromatic carbocycles. The number of aryl methyl sites for hydroxylation is 3. The molecule has 0 saturated carbocycles. The summed E-state index contributed by atoms with van der Waals surface area (Å²) in [5.41, 5.74) is 6.22. The van der Waals surface area contributed by atoms with Crippen LogP contribution in [-0.2, 0) is 6.54 Å². The molecule has 1 aliphatic heterocycles. The molecule has 0 aliphatic carbocycles. The van der Waals surface area contributed by atoms with Gasteiger partial charge in [-0.3, -0.25) is 9.36 Å². The van der Waals surface area contributed by atoms with Crippen LogP contribution in [0.15, 0.2) is 66.1 Å². The number of nitrogens with zero attached hydrogens (tertiary/aromatic N) is 3. The quantitative estimate of drug-likeness (QED) is 0.246. The molecule has 0 amide bonds. The molecule has 1 atom stereocenters. The summed E-state index contributed by atoms with van der Waals surface area (Å²) < 4.78 is 16.2. The van der Waals surface area contributed by atoms with Crippen LogP contribution in [0.2, 0.25) is 0 Å². The SMILES string of the molecule is Cc1ccc(-n2ccnc2SCC(=O)c2cc(C)n(CC3COc4ccccc4O3)c2C)c(C)c1. The summed E-state index contributed by atoms with van der Waals surface area (Å²) in [6.07, 6.45) is 3.61. The summed E-state index contributed by atoms with van der Waals surface area (Å²) in [7, 11) is 0. The molecule has 5 rings (SSSR count). The monoisotopic (exact) mass is 487 g/mol. The van der Waals surface area contributed by atoms with Crippen molar-refractivity contribution in [3.63, 3.8) is 0 Å². The number of imidazole rings is 1. The molecule has 0 N–H and O–H groups in total. The normalized spacial score (nSPS) is 14.8. The van der Waals surface area contributed by atoms with Crippen molar-refractivity contribution in [3.05, 3.63) is 89.0 Å². The van der Waals surface area contributed by atoms with Gasteiger partial charge < -0.3 is 14.0 Å². The molecule has 1 aliphatic rings. The van der Waals surface area contributed by atoms with Crippen molar-refractivity contribution < 1.29 is 14.3 Å². The van der Waals surface area contributed by atoms with E-state index in [4.69, 9.17) is 9.47 Å². The number of ether oxygens (including phenoxy) is 2. The fourth-order valence-electron chi connectivity index (χ4n) is 4.58. The molecule has 0 radical (unpaired) electrons. The van der Waals surface area contributed by atoms with Gasteiger partial charge in [0.15, 0.2) is 28.5 Å². The molecular formula is C28H29N3O3S. The van der Waals surface area contributed by atoms with Crippen molar-refractivity contribution in [2.45, 2.75) is 45.5 Å². The van der Waals surface area contributed by atoms with Gasteiger partial charge in [0.2, 0.25) is 0 Å². The molecule has 0 fully saturated rings. The van der Waals surface area contributed by atoms with Crippen LogP contribution in [0, 0.1) is 27.7 Å². The number of carbonyl (C=O) groups is 1. The van der Waals surface area contributed by atoms with Gasteiger partial charge in [-0.25, -0.2) is 4.98 Å². The number of benzene rings is 2. The van der Waals surface area contributed by atoms with Crippen molar-refractivity contribution in [2.75, 3.05) is 12.4 Å². The summed E-state index contributed by atoms with van der Waals surface area (Å²) in [6.45, 7) is 9.32. The van der Waals surface area contributed by atoms with Crippen LogP contribution < -0.4 is 9.47 Å². The van der Waals surface area contributed by atoms with Crippen molar-refractivity contribution >= 4 is 17.5 Å². The number of hydrogen-bond donors (Lipinski definition) is 0. The first-order chi connectivity index (χ1) is 16.9. The Morgan fingerprint density at radius 1 is 1.09 bits per heavy atom. The maximum absolute atomic E-state index is 13.2. The van der Waals surface area contributed by atoms with Gasteiger partial charge in [-0.2, -0.15) is 0 Å². The van der Waals surface area contributed by atoms with Crippen LogP contribution >= 0.6 is 11.8 Å². The average molecular weight is 488 g/mol. The molecule has 7 heteroatoms. The van der Waals surface area contributed by atoms with Crippen molar-refractivity contribution in [1.29, 1.82) is 0 Å². The Morgan fingerprint density at radius 3 is 2.69 bits per heavy atom. The van der Waals surface area contributed by atoms with E-state index in [0.717, 1.165) is 39.3 Å². The number of ketones is 1. The lowest BCUT2D eigenvalue weighted by Crippen LogP contribution is -2.33. The number of hydrogen-bond acceptors (Lipinski definition) is 5. The highest BCUT2D eigenvalue weighted by Gasteiger charge is 2.24. The van der Waals surface area contributed by atoms with Gasteiger partial charge in [0.05, 0.1) is 18.0 Å². The van der Waals surface area contributed by atoms with Crippen LogP contribution in [0.25, 0.3) is 5.69 Å². The van der Waals surface area contributed by atoms with E-state index in [1.54, 1.807) is 6.20 Å². The number of thioether (sulfide) groups is 1. The Morgan fingerprint density at radius 2 is 1.89 bits per heavy atom. The number of carbonyl (C=O) groups excluding carboxylic acids is 1. The third-order valence-corrected chi connectivity index (χ3v) is 7.35. The molecule has 35 heavy (non-hydrogen) atoms. The van der Waals surface area contributed by atoms with E-state index in [-0.39, 0.29) is 11.9 Å². The molecule has 180 valence electrons. The van der Waals surface area contributed by atoms with Crippen LogP contribution in [0.4, 0.5) is 0 Å². The second kappa shape index (κ2) is 9.66. The second-order valence-electron chi connectivity index (χ2n) is 8.97. The zero-order valence-corrected chi connectivity index (χ0v) is 21.3. The maximum atomic E-state index is 13.2. The molecule has 2 aromatic heterocycles. The lowest BCUT2D eigenvalue weighted by Gasteiger charge is -2.27. The molecule has 3 heterocycles. The summed E-state index contributed by atoms with van der Waals surface area (Å²) in [6, 6.07) is 16.0. The molecule has 4 aromatic rings. The van der Waals surface area contributed by atoms with E-state index in [1.165, 1.54) is 22.9 Å².